The van der Waals surface area contributed by atoms with Crippen LogP contribution in [0.3, 0.4) is 0 Å². The lowest BCUT2D eigenvalue weighted by molar-refractivity contribution is 0.0736. The molecule has 0 bridgehead atoms. The molecule has 2 N–H and O–H groups in total. The number of nitrogens with zero attached hydrogens (tertiary/aromatic N) is 1. The molecule has 0 heterocycles. The maximum absolute atomic E-state index is 12.5. The smallest absolute Gasteiger partial charge is 0.254 e. The molecule has 0 aliphatic carbocycles. The second kappa shape index (κ2) is 6.58. The molecular formula is C15H24N2O3S. The van der Waals surface area contributed by atoms with Crippen molar-refractivity contribution >= 4 is 15.7 Å². The lowest BCUT2D eigenvalue weighted by Crippen LogP contribution is -2.40. The van der Waals surface area contributed by atoms with Crippen molar-refractivity contribution < 1.29 is 13.2 Å². The van der Waals surface area contributed by atoms with Crippen LogP contribution in [0.5, 0.6) is 0 Å². The summed E-state index contributed by atoms with van der Waals surface area (Å²) >= 11 is 0. The van der Waals surface area contributed by atoms with Crippen LogP contribution in [-0.4, -0.2) is 45.1 Å². The van der Waals surface area contributed by atoms with Gasteiger partial charge in [-0.05, 0) is 24.1 Å². The van der Waals surface area contributed by atoms with E-state index in [1.54, 1.807) is 32.2 Å². The average molecular weight is 312 g/mol. The Morgan fingerprint density at radius 2 is 1.86 bits per heavy atom. The van der Waals surface area contributed by atoms with Crippen molar-refractivity contribution in [2.45, 2.75) is 25.7 Å². The third-order valence-corrected chi connectivity index (χ3v) is 5.18. The van der Waals surface area contributed by atoms with Gasteiger partial charge in [0.1, 0.15) is 0 Å². The number of carbonyl (C=O) groups is 1. The molecule has 0 atom stereocenters. The molecular weight excluding hydrogens is 288 g/mol. The van der Waals surface area contributed by atoms with Crippen LogP contribution in [-0.2, 0) is 9.84 Å². The van der Waals surface area contributed by atoms with E-state index in [4.69, 9.17) is 5.73 Å². The predicted octanol–water partition coefficient (Wildman–Crippen LogP) is 1.54. The normalized spacial score (nSPS) is 12.2. The summed E-state index contributed by atoms with van der Waals surface area (Å²) in [5.74, 6) is -0.334. The van der Waals surface area contributed by atoms with E-state index < -0.39 is 9.84 Å². The average Bonchev–Trinajstić information content (AvgIpc) is 2.46. The number of sulfone groups is 1. The maximum atomic E-state index is 12.5. The van der Waals surface area contributed by atoms with Gasteiger partial charge in [0.2, 0.25) is 0 Å². The molecule has 0 unspecified atom stereocenters. The Bertz CT molecular complexity index is 609. The van der Waals surface area contributed by atoms with Crippen LogP contribution in [0.15, 0.2) is 29.2 Å². The van der Waals surface area contributed by atoms with Gasteiger partial charge in [0.25, 0.3) is 5.91 Å². The van der Waals surface area contributed by atoms with Gasteiger partial charge in [-0.15, -0.1) is 0 Å². The molecule has 0 fully saturated rings. The Hall–Kier alpha value is -1.40. The lowest BCUT2D eigenvalue weighted by Gasteiger charge is -2.29. The minimum atomic E-state index is -3.43. The minimum absolute atomic E-state index is 0.0324. The van der Waals surface area contributed by atoms with Crippen molar-refractivity contribution in [3.05, 3.63) is 29.8 Å². The SMILES string of the molecule is CCS(=O)(=O)c1ccccc1C(=O)N(C)CC(C)(C)CN. The number of nitrogens with two attached hydrogens (primary N) is 1. The van der Waals surface area contributed by atoms with Gasteiger partial charge in [0.05, 0.1) is 16.2 Å². The summed E-state index contributed by atoms with van der Waals surface area (Å²) < 4.78 is 24.2. The third-order valence-electron chi connectivity index (χ3n) is 3.40. The van der Waals surface area contributed by atoms with E-state index in [0.717, 1.165) is 0 Å². The molecule has 0 radical (unpaired) electrons. The molecule has 0 aromatic heterocycles. The standard InChI is InChI=1S/C15H24N2O3S/c1-5-21(19,20)13-9-7-6-8-12(13)14(18)17(4)11-15(2,3)10-16/h6-9H,5,10-11,16H2,1-4H3. The van der Waals surface area contributed by atoms with Crippen LogP contribution in [0.25, 0.3) is 0 Å². The first-order valence-electron chi connectivity index (χ1n) is 6.92. The van der Waals surface area contributed by atoms with Gasteiger partial charge in [-0.1, -0.05) is 32.9 Å². The highest BCUT2D eigenvalue weighted by Gasteiger charge is 2.26. The highest BCUT2D eigenvalue weighted by Crippen LogP contribution is 2.21. The van der Waals surface area contributed by atoms with Crippen LogP contribution in [0.1, 0.15) is 31.1 Å². The Morgan fingerprint density at radius 3 is 2.38 bits per heavy atom. The van der Waals surface area contributed by atoms with Gasteiger partial charge in [-0.3, -0.25) is 4.79 Å². The van der Waals surface area contributed by atoms with Crippen LogP contribution in [0.4, 0.5) is 0 Å². The Balaban J connectivity index is 3.15. The maximum Gasteiger partial charge on any atom is 0.254 e. The molecule has 0 saturated heterocycles. The number of hydrogen-bond acceptors (Lipinski definition) is 4. The van der Waals surface area contributed by atoms with Crippen LogP contribution in [0, 0.1) is 5.41 Å². The molecule has 1 aromatic rings. The zero-order chi connectivity index (χ0) is 16.3. The van der Waals surface area contributed by atoms with E-state index in [1.807, 2.05) is 13.8 Å². The van der Waals surface area contributed by atoms with Crippen molar-refractivity contribution in [2.75, 3.05) is 25.9 Å². The molecule has 1 rings (SSSR count). The number of rotatable bonds is 6. The van der Waals surface area contributed by atoms with Gasteiger partial charge in [0, 0.05) is 13.6 Å². The van der Waals surface area contributed by atoms with Crippen LogP contribution >= 0.6 is 0 Å². The largest absolute Gasteiger partial charge is 0.341 e. The summed E-state index contributed by atoms with van der Waals surface area (Å²) in [4.78, 5) is 14.2. The molecule has 1 aromatic carbocycles. The highest BCUT2D eigenvalue weighted by molar-refractivity contribution is 7.91. The van der Waals surface area contributed by atoms with Gasteiger partial charge >= 0.3 is 0 Å². The molecule has 118 valence electrons. The monoisotopic (exact) mass is 312 g/mol. The van der Waals surface area contributed by atoms with Crippen molar-refractivity contribution in [1.29, 1.82) is 0 Å². The van der Waals surface area contributed by atoms with E-state index in [9.17, 15) is 13.2 Å². The quantitative estimate of drug-likeness (QED) is 0.864. The van der Waals surface area contributed by atoms with E-state index in [0.29, 0.717) is 13.1 Å². The lowest BCUT2D eigenvalue weighted by atomic mass is 9.93. The van der Waals surface area contributed by atoms with Crippen LogP contribution < -0.4 is 5.73 Å². The fourth-order valence-electron chi connectivity index (χ4n) is 2.05. The van der Waals surface area contributed by atoms with E-state index in [2.05, 4.69) is 0 Å². The molecule has 6 heteroatoms. The molecule has 21 heavy (non-hydrogen) atoms. The summed E-state index contributed by atoms with van der Waals surface area (Å²) in [6.45, 7) is 6.40. The zero-order valence-electron chi connectivity index (χ0n) is 13.1. The van der Waals surface area contributed by atoms with Gasteiger partial charge in [0.15, 0.2) is 9.84 Å². The minimum Gasteiger partial charge on any atom is -0.341 e. The van der Waals surface area contributed by atoms with E-state index in [-0.39, 0.29) is 27.5 Å². The summed E-state index contributed by atoms with van der Waals surface area (Å²) in [7, 11) is -1.77. The number of carbonyl (C=O) groups excluding carboxylic acids is 1. The molecule has 0 aliphatic rings. The van der Waals surface area contributed by atoms with Gasteiger partial charge < -0.3 is 10.6 Å². The molecule has 0 aliphatic heterocycles. The fraction of sp³-hybridized carbons (Fsp3) is 0.533. The number of benzene rings is 1. The van der Waals surface area contributed by atoms with E-state index in [1.165, 1.54) is 11.0 Å². The first kappa shape index (κ1) is 17.7. The summed E-state index contributed by atoms with van der Waals surface area (Å²) in [6.07, 6.45) is 0. The van der Waals surface area contributed by atoms with Crippen molar-refractivity contribution in [3.8, 4) is 0 Å². The predicted molar refractivity (Wildman–Crippen MR) is 84.0 cm³/mol. The summed E-state index contributed by atoms with van der Waals surface area (Å²) in [6, 6.07) is 6.33. The van der Waals surface area contributed by atoms with Crippen molar-refractivity contribution in [2.24, 2.45) is 11.1 Å². The first-order chi connectivity index (χ1) is 9.64. The van der Waals surface area contributed by atoms with E-state index >= 15 is 0 Å². The van der Waals surface area contributed by atoms with Crippen LogP contribution in [0.2, 0.25) is 0 Å². The second-order valence-corrected chi connectivity index (χ2v) is 8.18. The Morgan fingerprint density at radius 1 is 1.29 bits per heavy atom. The second-order valence-electron chi connectivity index (χ2n) is 5.93. The molecule has 1 amide bonds. The number of amides is 1. The third kappa shape index (κ3) is 4.28. The van der Waals surface area contributed by atoms with Crippen molar-refractivity contribution in [3.63, 3.8) is 0 Å². The Kier molecular flexibility index (Phi) is 5.53. The summed E-state index contributed by atoms with van der Waals surface area (Å²) in [5, 5.41) is 0. The fourth-order valence-corrected chi connectivity index (χ4v) is 3.14. The topological polar surface area (TPSA) is 80.5 Å². The number of hydrogen-bond donors (Lipinski definition) is 1. The molecule has 0 saturated carbocycles. The van der Waals surface area contributed by atoms with Gasteiger partial charge in [-0.25, -0.2) is 8.42 Å². The Labute approximate surface area is 127 Å². The summed E-state index contributed by atoms with van der Waals surface area (Å²) in [5.41, 5.74) is 5.68. The van der Waals surface area contributed by atoms with Gasteiger partial charge in [-0.2, -0.15) is 0 Å². The zero-order valence-corrected chi connectivity index (χ0v) is 13.9. The first-order valence-corrected chi connectivity index (χ1v) is 8.57. The van der Waals surface area contributed by atoms with Crippen molar-refractivity contribution in [1.82, 2.24) is 4.90 Å². The highest BCUT2D eigenvalue weighted by atomic mass is 32.2. The molecule has 5 nitrogen and oxygen atoms in total. The molecule has 0 spiro atoms.